The molecule has 1 aliphatic rings. The Hall–Kier alpha value is -3.28. The molecule has 3 aromatic carbocycles. The Morgan fingerprint density at radius 2 is 1.13 bits per heavy atom. The van der Waals surface area contributed by atoms with Gasteiger partial charge in [0, 0.05) is 10.0 Å². The highest BCUT2D eigenvalue weighted by molar-refractivity contribution is 6.32. The van der Waals surface area contributed by atoms with Crippen molar-refractivity contribution >= 4 is 40.7 Å². The third-order valence-electron chi connectivity index (χ3n) is 4.71. The fourth-order valence-corrected chi connectivity index (χ4v) is 3.61. The molecule has 0 unspecified atom stereocenters. The molecule has 5 nitrogen and oxygen atoms in total. The molecule has 7 heteroatoms. The molecule has 156 valence electrons. The lowest BCUT2D eigenvalue weighted by molar-refractivity contribution is -0.121. The molecule has 0 saturated carbocycles. The second-order valence-electron chi connectivity index (χ2n) is 6.96. The number of para-hydroxylation sites is 1. The van der Waals surface area contributed by atoms with Gasteiger partial charge < -0.3 is 9.47 Å². The van der Waals surface area contributed by atoms with Gasteiger partial charge in [0.25, 0.3) is 0 Å². The molecule has 0 fully saturated rings. The second-order valence-corrected chi connectivity index (χ2v) is 7.84. The zero-order valence-corrected chi connectivity index (χ0v) is 18.2. The zero-order chi connectivity index (χ0) is 22.1. The number of hydrogen-bond donors (Lipinski definition) is 0. The minimum absolute atomic E-state index is 0.200. The van der Waals surface area contributed by atoms with Gasteiger partial charge in [-0.25, -0.2) is 4.90 Å². The van der Waals surface area contributed by atoms with E-state index in [-0.39, 0.29) is 11.5 Å². The standard InChI is InChI=1S/C24H17Cl2NO4/c1-14-12-16(25)8-10-19(14)30-21-22(31-20-11-9-17(26)13-15(20)2)24(29)27(23(21)28)18-6-4-3-5-7-18/h3-13H,1-2H3. The number of benzene rings is 3. The maximum Gasteiger partial charge on any atom is 0.305 e. The van der Waals surface area contributed by atoms with Crippen LogP contribution in [-0.4, -0.2) is 11.8 Å². The third kappa shape index (κ3) is 4.15. The first-order valence-electron chi connectivity index (χ1n) is 9.41. The van der Waals surface area contributed by atoms with Crippen molar-refractivity contribution < 1.29 is 19.1 Å². The predicted octanol–water partition coefficient (Wildman–Crippen LogP) is 5.85. The number of carbonyl (C=O) groups excluding carboxylic acids is 2. The summed E-state index contributed by atoms with van der Waals surface area (Å²) in [5.41, 5.74) is 1.83. The summed E-state index contributed by atoms with van der Waals surface area (Å²) in [6.07, 6.45) is 0. The smallest absolute Gasteiger partial charge is 0.305 e. The Morgan fingerprint density at radius 3 is 1.55 bits per heavy atom. The quantitative estimate of drug-likeness (QED) is 0.454. The molecular weight excluding hydrogens is 437 g/mol. The fraction of sp³-hybridized carbons (Fsp3) is 0.0833. The molecule has 1 heterocycles. The summed E-state index contributed by atoms with van der Waals surface area (Å²) in [7, 11) is 0. The molecule has 0 aromatic heterocycles. The predicted molar refractivity (Wildman–Crippen MR) is 120 cm³/mol. The Kier molecular flexibility index (Phi) is 5.72. The summed E-state index contributed by atoms with van der Waals surface area (Å²) in [5.74, 6) is -0.852. The van der Waals surface area contributed by atoms with Crippen LogP contribution in [0.5, 0.6) is 11.5 Å². The SMILES string of the molecule is Cc1cc(Cl)ccc1OC1=C(Oc2ccc(Cl)cc2C)C(=O)N(c2ccccc2)C1=O. The van der Waals surface area contributed by atoms with Crippen LogP contribution in [0.25, 0.3) is 0 Å². The van der Waals surface area contributed by atoms with Crippen molar-refractivity contribution in [3.8, 4) is 11.5 Å². The van der Waals surface area contributed by atoms with Gasteiger partial charge in [0.1, 0.15) is 11.5 Å². The van der Waals surface area contributed by atoms with Crippen molar-refractivity contribution in [2.75, 3.05) is 4.90 Å². The topological polar surface area (TPSA) is 55.8 Å². The molecule has 0 spiro atoms. The van der Waals surface area contributed by atoms with Crippen molar-refractivity contribution in [1.29, 1.82) is 0 Å². The minimum atomic E-state index is -0.618. The highest BCUT2D eigenvalue weighted by Gasteiger charge is 2.43. The lowest BCUT2D eigenvalue weighted by Gasteiger charge is -2.14. The van der Waals surface area contributed by atoms with E-state index in [9.17, 15) is 9.59 Å². The van der Waals surface area contributed by atoms with Crippen LogP contribution < -0.4 is 14.4 Å². The number of halogens is 2. The van der Waals surface area contributed by atoms with Crippen LogP contribution in [0.3, 0.4) is 0 Å². The average Bonchev–Trinajstić information content (AvgIpc) is 2.96. The molecule has 0 aliphatic carbocycles. The number of anilines is 1. The van der Waals surface area contributed by atoms with Crippen LogP contribution >= 0.6 is 23.2 Å². The van der Waals surface area contributed by atoms with E-state index in [0.717, 1.165) is 4.90 Å². The monoisotopic (exact) mass is 453 g/mol. The largest absolute Gasteiger partial charge is 0.447 e. The fourth-order valence-electron chi connectivity index (χ4n) is 3.16. The van der Waals surface area contributed by atoms with Gasteiger partial charge in [-0.05, 0) is 73.5 Å². The molecule has 0 saturated heterocycles. The van der Waals surface area contributed by atoms with Gasteiger partial charge in [-0.1, -0.05) is 41.4 Å². The van der Waals surface area contributed by atoms with Crippen LogP contribution in [0.1, 0.15) is 11.1 Å². The van der Waals surface area contributed by atoms with Gasteiger partial charge in [0.2, 0.25) is 11.5 Å². The first kappa shape index (κ1) is 21.0. The van der Waals surface area contributed by atoms with E-state index in [0.29, 0.717) is 38.4 Å². The van der Waals surface area contributed by atoms with E-state index < -0.39 is 11.8 Å². The summed E-state index contributed by atoms with van der Waals surface area (Å²) >= 11 is 12.0. The van der Waals surface area contributed by atoms with E-state index >= 15 is 0 Å². The van der Waals surface area contributed by atoms with Crippen LogP contribution in [0.4, 0.5) is 5.69 Å². The second kappa shape index (κ2) is 8.46. The zero-order valence-electron chi connectivity index (χ0n) is 16.7. The number of nitrogens with zero attached hydrogens (tertiary/aromatic N) is 1. The minimum Gasteiger partial charge on any atom is -0.447 e. The molecule has 0 radical (unpaired) electrons. The number of ether oxygens (including phenoxy) is 2. The Morgan fingerprint density at radius 1 is 0.677 bits per heavy atom. The van der Waals surface area contributed by atoms with Crippen LogP contribution in [-0.2, 0) is 9.59 Å². The van der Waals surface area contributed by atoms with Crippen molar-refractivity contribution in [2.24, 2.45) is 0 Å². The lowest BCUT2D eigenvalue weighted by atomic mass is 10.2. The molecular formula is C24H17Cl2NO4. The molecule has 2 amide bonds. The molecule has 0 N–H and O–H groups in total. The first-order chi connectivity index (χ1) is 14.8. The van der Waals surface area contributed by atoms with Crippen LogP contribution in [0, 0.1) is 13.8 Å². The summed E-state index contributed by atoms with van der Waals surface area (Å²) in [5, 5.41) is 1.07. The van der Waals surface area contributed by atoms with Crippen LogP contribution in [0.15, 0.2) is 78.2 Å². The highest BCUT2D eigenvalue weighted by atomic mass is 35.5. The Balaban J connectivity index is 1.78. The maximum atomic E-state index is 13.2. The summed E-state index contributed by atoms with van der Waals surface area (Å²) in [6, 6.07) is 18.6. The summed E-state index contributed by atoms with van der Waals surface area (Å²) < 4.78 is 11.8. The van der Waals surface area contributed by atoms with E-state index in [1.807, 2.05) is 0 Å². The Labute approximate surface area is 189 Å². The number of imide groups is 1. The number of aryl methyl sites for hydroxylation is 2. The van der Waals surface area contributed by atoms with Gasteiger partial charge in [0.05, 0.1) is 5.69 Å². The van der Waals surface area contributed by atoms with Gasteiger partial charge in [-0.2, -0.15) is 0 Å². The van der Waals surface area contributed by atoms with Crippen molar-refractivity contribution in [3.63, 3.8) is 0 Å². The van der Waals surface area contributed by atoms with Crippen molar-refractivity contribution in [2.45, 2.75) is 13.8 Å². The summed E-state index contributed by atoms with van der Waals surface area (Å²) in [4.78, 5) is 27.5. The average molecular weight is 454 g/mol. The molecule has 1 aliphatic heterocycles. The van der Waals surface area contributed by atoms with Gasteiger partial charge in [-0.15, -0.1) is 0 Å². The Bertz CT molecular complexity index is 1150. The lowest BCUT2D eigenvalue weighted by Crippen LogP contribution is -2.32. The molecule has 0 atom stereocenters. The number of rotatable bonds is 5. The van der Waals surface area contributed by atoms with Crippen molar-refractivity contribution in [1.82, 2.24) is 0 Å². The van der Waals surface area contributed by atoms with Gasteiger partial charge in [0.15, 0.2) is 0 Å². The number of amides is 2. The summed E-state index contributed by atoms with van der Waals surface area (Å²) in [6.45, 7) is 3.59. The van der Waals surface area contributed by atoms with E-state index in [1.54, 1.807) is 80.6 Å². The van der Waals surface area contributed by atoms with E-state index in [1.165, 1.54) is 0 Å². The van der Waals surface area contributed by atoms with E-state index in [4.69, 9.17) is 32.7 Å². The molecule has 4 rings (SSSR count). The normalized spacial score (nSPS) is 13.7. The van der Waals surface area contributed by atoms with Gasteiger partial charge >= 0.3 is 11.8 Å². The maximum absolute atomic E-state index is 13.2. The third-order valence-corrected chi connectivity index (χ3v) is 5.18. The number of hydrogen-bond acceptors (Lipinski definition) is 4. The highest BCUT2D eigenvalue weighted by Crippen LogP contribution is 2.33. The van der Waals surface area contributed by atoms with Crippen LogP contribution in [0.2, 0.25) is 10.0 Å². The van der Waals surface area contributed by atoms with Crippen molar-refractivity contribution in [3.05, 3.63) is 99.4 Å². The van der Waals surface area contributed by atoms with Gasteiger partial charge in [-0.3, -0.25) is 9.59 Å². The van der Waals surface area contributed by atoms with E-state index in [2.05, 4.69) is 0 Å². The first-order valence-corrected chi connectivity index (χ1v) is 10.2. The molecule has 31 heavy (non-hydrogen) atoms. The molecule has 0 bridgehead atoms. The molecule has 3 aromatic rings. The number of carbonyl (C=O) groups is 2.